The molecule has 0 saturated heterocycles. The van der Waals surface area contributed by atoms with Crippen LogP contribution in [0.2, 0.25) is 0 Å². The minimum Gasteiger partial charge on any atom is -0.389 e. The van der Waals surface area contributed by atoms with Crippen molar-refractivity contribution in [1.29, 1.82) is 0 Å². The van der Waals surface area contributed by atoms with Crippen molar-refractivity contribution in [2.45, 2.75) is 19.6 Å². The Hall–Kier alpha value is -2.10. The maximum atomic E-state index is 10.2. The Bertz CT molecular complexity index is 787. The van der Waals surface area contributed by atoms with Gasteiger partial charge in [0, 0.05) is 23.8 Å². The molecule has 2 aromatic heterocycles. The number of aliphatic hydroxyl groups is 1. The Morgan fingerprint density at radius 2 is 1.91 bits per heavy atom. The first-order valence-corrected chi connectivity index (χ1v) is 7.58. The maximum Gasteiger partial charge on any atom is 0.0783 e. The van der Waals surface area contributed by atoms with E-state index in [2.05, 4.69) is 66.0 Å². The SMILES string of the molecule is CC(O)c1cc2ccccn2c1-c1cccc(CN(C)C)c1. The van der Waals surface area contributed by atoms with Crippen molar-refractivity contribution in [1.82, 2.24) is 9.30 Å². The zero-order valence-corrected chi connectivity index (χ0v) is 13.3. The van der Waals surface area contributed by atoms with Gasteiger partial charge in [-0.2, -0.15) is 0 Å². The van der Waals surface area contributed by atoms with Gasteiger partial charge in [-0.05, 0) is 56.4 Å². The lowest BCUT2D eigenvalue weighted by Crippen LogP contribution is -2.10. The third-order valence-electron chi connectivity index (χ3n) is 3.86. The fourth-order valence-corrected chi connectivity index (χ4v) is 2.95. The summed E-state index contributed by atoms with van der Waals surface area (Å²) in [5.74, 6) is 0. The summed E-state index contributed by atoms with van der Waals surface area (Å²) in [6.45, 7) is 2.73. The van der Waals surface area contributed by atoms with Gasteiger partial charge in [-0.25, -0.2) is 0 Å². The van der Waals surface area contributed by atoms with Crippen LogP contribution in [0.25, 0.3) is 16.8 Å². The molecule has 0 aliphatic carbocycles. The van der Waals surface area contributed by atoms with E-state index < -0.39 is 6.10 Å². The van der Waals surface area contributed by atoms with Gasteiger partial charge >= 0.3 is 0 Å². The molecule has 3 aromatic rings. The standard InChI is InChI=1S/C19H22N2O/c1-14(22)18-12-17-9-4-5-10-21(17)19(18)16-8-6-7-15(11-16)13-20(2)3/h4-12,14,22H,13H2,1-3H3. The monoisotopic (exact) mass is 294 g/mol. The van der Waals surface area contributed by atoms with E-state index in [-0.39, 0.29) is 0 Å². The number of aliphatic hydroxyl groups excluding tert-OH is 1. The highest BCUT2D eigenvalue weighted by Crippen LogP contribution is 2.32. The van der Waals surface area contributed by atoms with Crippen molar-refractivity contribution in [3.05, 3.63) is 65.9 Å². The van der Waals surface area contributed by atoms with E-state index in [1.807, 2.05) is 19.1 Å². The lowest BCUT2D eigenvalue weighted by Gasteiger charge is -2.13. The molecule has 22 heavy (non-hydrogen) atoms. The van der Waals surface area contributed by atoms with E-state index in [1.165, 1.54) is 5.56 Å². The molecule has 0 saturated carbocycles. The third kappa shape index (κ3) is 2.78. The number of aromatic nitrogens is 1. The van der Waals surface area contributed by atoms with Crippen LogP contribution in [0.15, 0.2) is 54.7 Å². The molecule has 3 nitrogen and oxygen atoms in total. The highest BCUT2D eigenvalue weighted by molar-refractivity contribution is 5.72. The number of nitrogens with zero attached hydrogens (tertiary/aromatic N) is 2. The van der Waals surface area contributed by atoms with E-state index in [0.717, 1.165) is 28.9 Å². The van der Waals surface area contributed by atoms with Crippen LogP contribution in [-0.4, -0.2) is 28.5 Å². The van der Waals surface area contributed by atoms with E-state index in [1.54, 1.807) is 0 Å². The molecular weight excluding hydrogens is 272 g/mol. The third-order valence-corrected chi connectivity index (χ3v) is 3.86. The number of benzene rings is 1. The zero-order valence-electron chi connectivity index (χ0n) is 13.3. The Labute approximate surface area is 131 Å². The molecule has 1 atom stereocenters. The first-order chi connectivity index (χ1) is 10.6. The zero-order chi connectivity index (χ0) is 15.7. The molecule has 1 N–H and O–H groups in total. The van der Waals surface area contributed by atoms with E-state index in [9.17, 15) is 5.11 Å². The summed E-state index contributed by atoms with van der Waals surface area (Å²) >= 11 is 0. The molecule has 0 spiro atoms. The summed E-state index contributed by atoms with van der Waals surface area (Å²) < 4.78 is 2.15. The van der Waals surface area contributed by atoms with E-state index in [0.29, 0.717) is 0 Å². The number of fused-ring (bicyclic) bond motifs is 1. The van der Waals surface area contributed by atoms with Gasteiger partial charge in [-0.3, -0.25) is 0 Å². The average molecular weight is 294 g/mol. The van der Waals surface area contributed by atoms with Crippen molar-refractivity contribution in [2.75, 3.05) is 14.1 Å². The number of hydrogen-bond donors (Lipinski definition) is 1. The van der Waals surface area contributed by atoms with Gasteiger partial charge in [0.15, 0.2) is 0 Å². The minimum absolute atomic E-state index is 0.493. The highest BCUT2D eigenvalue weighted by atomic mass is 16.3. The first kappa shape index (κ1) is 14.8. The number of pyridine rings is 1. The molecule has 0 amide bonds. The second-order valence-electron chi connectivity index (χ2n) is 6.06. The van der Waals surface area contributed by atoms with Crippen LogP contribution >= 0.6 is 0 Å². The van der Waals surface area contributed by atoms with Crippen molar-refractivity contribution in [2.24, 2.45) is 0 Å². The molecule has 3 heteroatoms. The minimum atomic E-state index is -0.493. The predicted molar refractivity (Wildman–Crippen MR) is 90.9 cm³/mol. The van der Waals surface area contributed by atoms with Gasteiger partial charge in [0.25, 0.3) is 0 Å². The maximum absolute atomic E-state index is 10.2. The normalized spacial score (nSPS) is 13.0. The molecule has 3 rings (SSSR count). The van der Waals surface area contributed by atoms with Crippen molar-refractivity contribution in [3.8, 4) is 11.3 Å². The van der Waals surface area contributed by atoms with Gasteiger partial charge in [-0.15, -0.1) is 0 Å². The van der Waals surface area contributed by atoms with Gasteiger partial charge in [-0.1, -0.05) is 24.3 Å². The Kier molecular flexibility index (Phi) is 4.01. The fourth-order valence-electron chi connectivity index (χ4n) is 2.95. The van der Waals surface area contributed by atoms with Crippen LogP contribution in [0.3, 0.4) is 0 Å². The van der Waals surface area contributed by atoms with Crippen LogP contribution in [-0.2, 0) is 6.54 Å². The van der Waals surface area contributed by atoms with Crippen LogP contribution in [0.1, 0.15) is 24.2 Å². The Morgan fingerprint density at radius 3 is 2.64 bits per heavy atom. The fraction of sp³-hybridized carbons (Fsp3) is 0.263. The molecular formula is C19H22N2O. The van der Waals surface area contributed by atoms with E-state index in [4.69, 9.17) is 0 Å². The van der Waals surface area contributed by atoms with Gasteiger partial charge in [0.2, 0.25) is 0 Å². The van der Waals surface area contributed by atoms with Gasteiger partial charge in [0.05, 0.1) is 11.8 Å². The summed E-state index contributed by atoms with van der Waals surface area (Å²) in [7, 11) is 4.14. The second kappa shape index (κ2) is 5.95. The Balaban J connectivity index is 2.18. The molecule has 0 bridgehead atoms. The van der Waals surface area contributed by atoms with Crippen LogP contribution < -0.4 is 0 Å². The topological polar surface area (TPSA) is 27.9 Å². The van der Waals surface area contributed by atoms with Gasteiger partial charge in [0.1, 0.15) is 0 Å². The number of rotatable bonds is 4. The highest BCUT2D eigenvalue weighted by Gasteiger charge is 2.15. The largest absolute Gasteiger partial charge is 0.389 e. The van der Waals surface area contributed by atoms with Crippen LogP contribution in [0.4, 0.5) is 0 Å². The summed E-state index contributed by atoms with van der Waals surface area (Å²) in [6, 6.07) is 16.7. The second-order valence-corrected chi connectivity index (χ2v) is 6.06. The molecule has 0 radical (unpaired) electrons. The van der Waals surface area contributed by atoms with Crippen LogP contribution in [0, 0.1) is 0 Å². The summed E-state index contributed by atoms with van der Waals surface area (Å²) in [4.78, 5) is 2.16. The lowest BCUT2D eigenvalue weighted by molar-refractivity contribution is 0.200. The molecule has 114 valence electrons. The number of hydrogen-bond acceptors (Lipinski definition) is 2. The lowest BCUT2D eigenvalue weighted by atomic mass is 10.0. The van der Waals surface area contributed by atoms with Crippen molar-refractivity contribution >= 4 is 5.52 Å². The molecule has 2 heterocycles. The molecule has 0 aliphatic rings. The summed E-state index contributed by atoms with van der Waals surface area (Å²) in [6.07, 6.45) is 1.56. The molecule has 0 aliphatic heterocycles. The molecule has 1 aromatic carbocycles. The van der Waals surface area contributed by atoms with Gasteiger partial charge < -0.3 is 14.4 Å². The van der Waals surface area contributed by atoms with Crippen molar-refractivity contribution < 1.29 is 5.11 Å². The van der Waals surface area contributed by atoms with Crippen molar-refractivity contribution in [3.63, 3.8) is 0 Å². The molecule has 1 unspecified atom stereocenters. The predicted octanol–water partition coefficient (Wildman–Crippen LogP) is 3.72. The smallest absolute Gasteiger partial charge is 0.0783 e. The molecule has 0 fully saturated rings. The first-order valence-electron chi connectivity index (χ1n) is 7.58. The quantitative estimate of drug-likeness (QED) is 0.794. The average Bonchev–Trinajstić information content (AvgIpc) is 2.86. The van der Waals surface area contributed by atoms with E-state index >= 15 is 0 Å². The summed E-state index contributed by atoms with van der Waals surface area (Å²) in [5, 5.41) is 10.2. The van der Waals surface area contributed by atoms with Crippen LogP contribution in [0.5, 0.6) is 0 Å². The Morgan fingerprint density at radius 1 is 1.09 bits per heavy atom. The summed E-state index contributed by atoms with van der Waals surface area (Å²) in [5.41, 5.74) is 5.55.